The van der Waals surface area contributed by atoms with Crippen LogP contribution in [-0.2, 0) is 16.1 Å². The van der Waals surface area contributed by atoms with Crippen molar-refractivity contribution >= 4 is 17.5 Å². The van der Waals surface area contributed by atoms with Crippen LogP contribution in [0.1, 0.15) is 38.5 Å². The zero-order valence-corrected chi connectivity index (χ0v) is 14.2. The molecule has 0 spiro atoms. The van der Waals surface area contributed by atoms with Crippen molar-refractivity contribution in [3.63, 3.8) is 0 Å². The molecule has 8 heteroatoms. The monoisotopic (exact) mass is 346 g/mol. The lowest BCUT2D eigenvalue weighted by atomic mass is 9.80. The number of hydrogen-bond acceptors (Lipinski definition) is 4. The Bertz CT molecular complexity index is 848. The first-order valence-corrected chi connectivity index (χ1v) is 8.50. The summed E-state index contributed by atoms with van der Waals surface area (Å²) in [5, 5.41) is 13.9. The fourth-order valence-electron chi connectivity index (χ4n) is 3.55. The maximum atomic E-state index is 12.6. The molecule has 0 saturated heterocycles. The van der Waals surface area contributed by atoms with Gasteiger partial charge in [-0.3, -0.25) is 9.20 Å². The number of carboxylic acids is 1. The molecule has 0 atom stereocenters. The summed E-state index contributed by atoms with van der Waals surface area (Å²) in [6.45, 7) is 0.124. The number of pyridine rings is 1. The second kappa shape index (κ2) is 6.70. The van der Waals surface area contributed by atoms with Gasteiger partial charge >= 0.3 is 11.7 Å². The molecule has 25 heavy (non-hydrogen) atoms. The average Bonchev–Trinajstić information content (AvgIpc) is 2.95. The zero-order chi connectivity index (χ0) is 18.0. The van der Waals surface area contributed by atoms with Crippen LogP contribution in [0, 0.1) is 0 Å². The smallest absolute Gasteiger partial charge is 0.350 e. The van der Waals surface area contributed by atoms with E-state index in [2.05, 4.69) is 5.10 Å². The van der Waals surface area contributed by atoms with Crippen LogP contribution in [0.4, 0.5) is 0 Å². The lowest BCUT2D eigenvalue weighted by Gasteiger charge is -2.41. The quantitative estimate of drug-likeness (QED) is 0.875. The standard InChI is InChI=1S/C17H22N4O4/c1-19(17(15(23)24)9-4-2-5-10-17)14(22)8-12-21-16(25)20-11-6-3-7-13(20)18-21/h3,6-7,11H,2,4-5,8-10,12H2,1H3,(H,23,24). The molecule has 1 aliphatic rings. The molecule has 1 fully saturated rings. The molecule has 8 nitrogen and oxygen atoms in total. The number of carbonyl (C=O) groups is 2. The summed E-state index contributed by atoms with van der Waals surface area (Å²) in [6.07, 6.45) is 5.20. The van der Waals surface area contributed by atoms with E-state index < -0.39 is 11.5 Å². The summed E-state index contributed by atoms with van der Waals surface area (Å²) >= 11 is 0. The normalized spacial score (nSPS) is 16.7. The van der Waals surface area contributed by atoms with E-state index in [9.17, 15) is 19.5 Å². The highest BCUT2D eigenvalue weighted by Crippen LogP contribution is 2.33. The van der Waals surface area contributed by atoms with Gasteiger partial charge in [0.1, 0.15) is 5.54 Å². The molecule has 1 saturated carbocycles. The molecule has 1 aliphatic carbocycles. The Hall–Kier alpha value is -2.64. The minimum absolute atomic E-state index is 0.0370. The predicted octanol–water partition coefficient (Wildman–Crippen LogP) is 1.13. The van der Waals surface area contributed by atoms with E-state index in [1.54, 1.807) is 31.4 Å². The van der Waals surface area contributed by atoms with Crippen LogP contribution >= 0.6 is 0 Å². The van der Waals surface area contributed by atoms with E-state index >= 15 is 0 Å². The SMILES string of the molecule is CN(C(=O)CCn1nc2ccccn2c1=O)C1(C(=O)O)CCCCC1. The first kappa shape index (κ1) is 17.2. The molecule has 0 aliphatic heterocycles. The predicted molar refractivity (Wildman–Crippen MR) is 90.3 cm³/mol. The van der Waals surface area contributed by atoms with Crippen LogP contribution in [0.3, 0.4) is 0 Å². The molecule has 0 aromatic carbocycles. The maximum Gasteiger partial charge on any atom is 0.350 e. The van der Waals surface area contributed by atoms with Crippen LogP contribution in [0.25, 0.3) is 5.65 Å². The number of aromatic nitrogens is 3. The number of carbonyl (C=O) groups excluding carboxylic acids is 1. The van der Waals surface area contributed by atoms with E-state index in [-0.39, 0.29) is 24.6 Å². The summed E-state index contributed by atoms with van der Waals surface area (Å²) < 4.78 is 2.66. The van der Waals surface area contributed by atoms with Gasteiger partial charge in [0.15, 0.2) is 5.65 Å². The van der Waals surface area contributed by atoms with Crippen molar-refractivity contribution in [2.45, 2.75) is 50.6 Å². The Morgan fingerprint density at radius 1 is 1.28 bits per heavy atom. The maximum absolute atomic E-state index is 12.6. The fourth-order valence-corrected chi connectivity index (χ4v) is 3.55. The van der Waals surface area contributed by atoms with Crippen molar-refractivity contribution in [3.8, 4) is 0 Å². The van der Waals surface area contributed by atoms with Crippen molar-refractivity contribution in [3.05, 3.63) is 34.9 Å². The molecular formula is C17H22N4O4. The lowest BCUT2D eigenvalue weighted by molar-refractivity contribution is -0.160. The molecule has 2 aromatic rings. The van der Waals surface area contributed by atoms with Crippen molar-refractivity contribution in [2.75, 3.05) is 7.05 Å². The minimum atomic E-state index is -1.13. The minimum Gasteiger partial charge on any atom is -0.479 e. The van der Waals surface area contributed by atoms with Crippen molar-refractivity contribution in [2.24, 2.45) is 0 Å². The second-order valence-corrected chi connectivity index (χ2v) is 6.53. The molecule has 2 aromatic heterocycles. The van der Waals surface area contributed by atoms with Gasteiger partial charge < -0.3 is 10.0 Å². The first-order chi connectivity index (χ1) is 12.0. The van der Waals surface area contributed by atoms with E-state index in [4.69, 9.17) is 0 Å². The highest BCUT2D eigenvalue weighted by Gasteiger charge is 2.45. The molecule has 3 rings (SSSR count). The van der Waals surface area contributed by atoms with Gasteiger partial charge in [0.2, 0.25) is 5.91 Å². The van der Waals surface area contributed by atoms with Crippen LogP contribution in [-0.4, -0.2) is 48.7 Å². The van der Waals surface area contributed by atoms with E-state index in [1.165, 1.54) is 14.0 Å². The molecule has 0 unspecified atom stereocenters. The van der Waals surface area contributed by atoms with Gasteiger partial charge in [-0.15, -0.1) is 5.10 Å². The van der Waals surface area contributed by atoms with Gasteiger partial charge in [-0.1, -0.05) is 25.3 Å². The number of aliphatic carboxylic acids is 1. The lowest BCUT2D eigenvalue weighted by Crippen LogP contribution is -2.56. The number of likely N-dealkylation sites (N-methyl/N-ethyl adjacent to an activating group) is 1. The van der Waals surface area contributed by atoms with Gasteiger partial charge in [0.25, 0.3) is 0 Å². The molecular weight excluding hydrogens is 324 g/mol. The average molecular weight is 346 g/mol. The highest BCUT2D eigenvalue weighted by molar-refractivity contribution is 5.87. The van der Waals surface area contributed by atoms with Crippen molar-refractivity contribution in [1.82, 2.24) is 19.1 Å². The fraction of sp³-hybridized carbons (Fsp3) is 0.529. The van der Waals surface area contributed by atoms with Crippen LogP contribution in [0.15, 0.2) is 29.2 Å². The molecule has 0 bridgehead atoms. The highest BCUT2D eigenvalue weighted by atomic mass is 16.4. The molecule has 1 N–H and O–H groups in total. The van der Waals surface area contributed by atoms with Gasteiger partial charge in [-0.05, 0) is 25.0 Å². The van der Waals surface area contributed by atoms with Gasteiger partial charge in [0, 0.05) is 19.7 Å². The number of aryl methyl sites for hydroxylation is 1. The molecule has 2 heterocycles. The number of hydrogen-bond donors (Lipinski definition) is 1. The summed E-state index contributed by atoms with van der Waals surface area (Å²) in [6, 6.07) is 5.23. The molecule has 1 amide bonds. The van der Waals surface area contributed by atoms with E-state index in [1.807, 2.05) is 0 Å². The third-order valence-electron chi connectivity index (χ3n) is 5.12. The Kier molecular flexibility index (Phi) is 4.61. The third-order valence-corrected chi connectivity index (χ3v) is 5.12. The summed E-state index contributed by atoms with van der Waals surface area (Å²) in [5.74, 6) is -1.23. The van der Waals surface area contributed by atoms with Gasteiger partial charge in [-0.2, -0.15) is 0 Å². The Morgan fingerprint density at radius 2 is 2.00 bits per heavy atom. The van der Waals surface area contributed by atoms with Crippen LogP contribution in [0.5, 0.6) is 0 Å². The largest absolute Gasteiger partial charge is 0.479 e. The summed E-state index contributed by atoms with van der Waals surface area (Å²) in [7, 11) is 1.55. The number of carboxylic acid groups (broad SMARTS) is 1. The van der Waals surface area contributed by atoms with Gasteiger partial charge in [0.05, 0.1) is 6.54 Å². The van der Waals surface area contributed by atoms with Gasteiger partial charge in [-0.25, -0.2) is 14.3 Å². The topological polar surface area (TPSA) is 96.9 Å². The number of fused-ring (bicyclic) bond motifs is 1. The second-order valence-electron chi connectivity index (χ2n) is 6.53. The molecule has 134 valence electrons. The number of rotatable bonds is 5. The summed E-state index contributed by atoms with van der Waals surface area (Å²) in [5.41, 5.74) is -0.918. The first-order valence-electron chi connectivity index (χ1n) is 8.50. The number of amides is 1. The summed E-state index contributed by atoms with van der Waals surface area (Å²) in [4.78, 5) is 38.0. The van der Waals surface area contributed by atoms with Crippen LogP contribution in [0.2, 0.25) is 0 Å². The Morgan fingerprint density at radius 3 is 2.64 bits per heavy atom. The van der Waals surface area contributed by atoms with Crippen molar-refractivity contribution < 1.29 is 14.7 Å². The van der Waals surface area contributed by atoms with E-state index in [0.717, 1.165) is 19.3 Å². The third kappa shape index (κ3) is 3.04. The number of nitrogens with zero attached hydrogens (tertiary/aromatic N) is 4. The van der Waals surface area contributed by atoms with Crippen LogP contribution < -0.4 is 5.69 Å². The van der Waals surface area contributed by atoms with E-state index in [0.29, 0.717) is 18.5 Å². The zero-order valence-electron chi connectivity index (χ0n) is 14.2. The molecule has 0 radical (unpaired) electrons. The van der Waals surface area contributed by atoms with Crippen molar-refractivity contribution in [1.29, 1.82) is 0 Å². The Balaban J connectivity index is 1.73. The Labute approximate surface area is 144 Å².